The van der Waals surface area contributed by atoms with Gasteiger partial charge in [0.15, 0.2) is 5.78 Å². The number of fused-ring (bicyclic) bond motifs is 1. The largest absolute Gasteiger partial charge is 0.506 e. The maximum Gasteiger partial charge on any atom is 0.189 e. The zero-order chi connectivity index (χ0) is 35.2. The molecule has 266 valence electrons. The minimum absolute atomic E-state index is 0.0523. The molecule has 10 rings (SSSR count). The normalized spacial score (nSPS) is 38.5. The first-order valence-corrected chi connectivity index (χ1v) is 19.3. The third kappa shape index (κ3) is 4.68. The molecule has 6 nitrogen and oxygen atoms in total. The summed E-state index contributed by atoms with van der Waals surface area (Å²) in [6.45, 7) is 8.68. The molecule has 0 amide bonds. The van der Waals surface area contributed by atoms with Crippen molar-refractivity contribution in [2.45, 2.75) is 70.5 Å². The molecule has 0 aromatic heterocycles. The van der Waals surface area contributed by atoms with Crippen molar-refractivity contribution in [1.82, 2.24) is 4.90 Å². The number of rotatable bonds is 6. The number of aromatic hydroxyl groups is 1. The molecule has 7 aliphatic rings. The van der Waals surface area contributed by atoms with Crippen molar-refractivity contribution in [2.75, 3.05) is 37.6 Å². The molecule has 0 radical (unpaired) electrons. The number of ketones is 1. The summed E-state index contributed by atoms with van der Waals surface area (Å²) < 4.78 is 0. The van der Waals surface area contributed by atoms with Crippen LogP contribution < -0.4 is 4.90 Å². The van der Waals surface area contributed by atoms with Crippen LogP contribution >= 0.6 is 0 Å². The van der Waals surface area contributed by atoms with Crippen LogP contribution in [0.1, 0.15) is 69.2 Å². The van der Waals surface area contributed by atoms with E-state index >= 15 is 4.79 Å². The van der Waals surface area contributed by atoms with E-state index < -0.39 is 11.0 Å². The van der Waals surface area contributed by atoms with Crippen LogP contribution in [0.4, 0.5) is 5.69 Å². The highest BCUT2D eigenvalue weighted by molar-refractivity contribution is 6.10. The summed E-state index contributed by atoms with van der Waals surface area (Å²) in [5.41, 5.74) is 2.63. The molecule has 1 heterocycles. The molecule has 8 atom stereocenters. The van der Waals surface area contributed by atoms with Crippen molar-refractivity contribution in [1.29, 1.82) is 0 Å². The fourth-order valence-electron chi connectivity index (χ4n) is 12.4. The van der Waals surface area contributed by atoms with Crippen LogP contribution in [0, 0.1) is 33.5 Å². The van der Waals surface area contributed by atoms with E-state index in [0.29, 0.717) is 24.3 Å². The standard InChI is InChI=1S/C45H52N2O4/c1-41-19-16-34(48)28-43(41)22-23-45(35(29-43)40(50)33-14-12-32(13-15-33)31-8-4-3-5-9-31)38(41)17-20-42(2)39(45)18-21-44(42,51)30-46-24-26-47(27-25-46)36-10-6-7-11-37(36)49/h3-15,22-23,29,34,38-39,48-49,51H,16-21,24-28,30H2,1-2H3/t34?,38-,39-,41-,42+,43+,44-,45-/m1/s1. The van der Waals surface area contributed by atoms with Crippen LogP contribution in [0.15, 0.2) is 103 Å². The third-order valence-corrected chi connectivity index (χ3v) is 15.3. The maximum absolute atomic E-state index is 15.0. The number of Topliss-reactive ketones (excluding diaryl/α,β-unsaturated/α-hetero) is 1. The number of anilines is 1. The molecule has 51 heavy (non-hydrogen) atoms. The van der Waals surface area contributed by atoms with Gasteiger partial charge in [-0.2, -0.15) is 0 Å². The number of nitrogens with zero attached hydrogens (tertiary/aromatic N) is 2. The molecule has 1 unspecified atom stereocenters. The van der Waals surface area contributed by atoms with E-state index in [4.69, 9.17) is 0 Å². The SMILES string of the molecule is C[C@]12CC[C@H]3[C@]4(C=C[C@@]5(C=C4C(=O)c4ccc(-c6ccccc6)cc4)CC(O)CC[C@]35C)[C@@H]1CC[C@@]2(O)CN1CCN(c2ccccc2O)CC1. The number of β-amino-alcohol motifs (C(OH)–C–C–N with tert-alkyl or cyclic N) is 1. The average molecular weight is 685 g/mol. The first-order valence-electron chi connectivity index (χ1n) is 19.3. The molecule has 1 aliphatic heterocycles. The van der Waals surface area contributed by atoms with Crippen LogP contribution in [0.5, 0.6) is 5.75 Å². The van der Waals surface area contributed by atoms with E-state index in [9.17, 15) is 15.3 Å². The van der Waals surface area contributed by atoms with E-state index in [-0.39, 0.29) is 40.0 Å². The second-order valence-corrected chi connectivity index (χ2v) is 17.3. The Bertz CT molecular complexity index is 1900. The first-order chi connectivity index (χ1) is 24.5. The number of para-hydroxylation sites is 2. The summed E-state index contributed by atoms with van der Waals surface area (Å²) in [6, 6.07) is 26.0. The number of allylic oxidation sites excluding steroid dienone is 4. The summed E-state index contributed by atoms with van der Waals surface area (Å²) in [5.74, 6) is 0.826. The minimum Gasteiger partial charge on any atom is -0.506 e. The van der Waals surface area contributed by atoms with Gasteiger partial charge in [0.2, 0.25) is 0 Å². The predicted octanol–water partition coefficient (Wildman–Crippen LogP) is 7.66. The van der Waals surface area contributed by atoms with Gasteiger partial charge < -0.3 is 20.2 Å². The lowest BCUT2D eigenvalue weighted by atomic mass is 9.32. The van der Waals surface area contributed by atoms with Crippen molar-refractivity contribution < 1.29 is 20.1 Å². The first kappa shape index (κ1) is 33.1. The Morgan fingerprint density at radius 3 is 2.16 bits per heavy atom. The van der Waals surface area contributed by atoms with Gasteiger partial charge in [-0.3, -0.25) is 9.69 Å². The summed E-state index contributed by atoms with van der Waals surface area (Å²) in [4.78, 5) is 19.7. The zero-order valence-electron chi connectivity index (χ0n) is 30.1. The molecule has 2 bridgehead atoms. The Morgan fingerprint density at radius 2 is 1.41 bits per heavy atom. The summed E-state index contributed by atoms with van der Waals surface area (Å²) in [5, 5.41) is 34.4. The van der Waals surface area contributed by atoms with Gasteiger partial charge in [0.25, 0.3) is 0 Å². The fourth-order valence-corrected chi connectivity index (χ4v) is 12.4. The lowest BCUT2D eigenvalue weighted by Gasteiger charge is -2.71. The highest BCUT2D eigenvalue weighted by atomic mass is 16.3. The lowest BCUT2D eigenvalue weighted by molar-refractivity contribution is -0.176. The maximum atomic E-state index is 15.0. The van der Waals surface area contributed by atoms with E-state index in [1.807, 2.05) is 48.5 Å². The van der Waals surface area contributed by atoms with Crippen molar-refractivity contribution in [3.8, 4) is 16.9 Å². The molecule has 6 heteroatoms. The van der Waals surface area contributed by atoms with E-state index in [0.717, 1.165) is 87.1 Å². The number of aliphatic hydroxyl groups is 2. The quantitative estimate of drug-likeness (QED) is 0.183. The molecule has 3 saturated carbocycles. The number of hydrogen-bond donors (Lipinski definition) is 3. The van der Waals surface area contributed by atoms with Crippen LogP contribution in [0.2, 0.25) is 0 Å². The number of phenols is 1. The molecule has 3 N–H and O–H groups in total. The molecule has 2 spiro atoms. The second-order valence-electron chi connectivity index (χ2n) is 17.3. The van der Waals surface area contributed by atoms with E-state index in [1.165, 1.54) is 0 Å². The lowest BCUT2D eigenvalue weighted by Crippen LogP contribution is -2.67. The monoisotopic (exact) mass is 684 g/mol. The number of phenolic OH excluding ortho intramolecular Hbond substituents is 1. The molecule has 3 aromatic carbocycles. The highest BCUT2D eigenvalue weighted by Gasteiger charge is 2.74. The molecule has 3 aromatic rings. The molecule has 4 fully saturated rings. The van der Waals surface area contributed by atoms with Gasteiger partial charge in [-0.15, -0.1) is 0 Å². The number of carbonyl (C=O) groups excluding carboxylic acids is 1. The zero-order valence-corrected chi connectivity index (χ0v) is 30.1. The highest BCUT2D eigenvalue weighted by Crippen LogP contribution is 2.78. The van der Waals surface area contributed by atoms with Gasteiger partial charge in [-0.25, -0.2) is 0 Å². The summed E-state index contributed by atoms with van der Waals surface area (Å²) in [7, 11) is 0. The summed E-state index contributed by atoms with van der Waals surface area (Å²) in [6.07, 6.45) is 12.7. The number of benzene rings is 3. The van der Waals surface area contributed by atoms with Gasteiger partial charge in [0.05, 0.1) is 17.4 Å². The van der Waals surface area contributed by atoms with Gasteiger partial charge in [-0.05, 0) is 85.5 Å². The Balaban J connectivity index is 1.05. The van der Waals surface area contributed by atoms with Gasteiger partial charge in [0, 0.05) is 60.1 Å². The number of aliphatic hydroxyl groups excluding tert-OH is 1. The topological polar surface area (TPSA) is 84.2 Å². The van der Waals surface area contributed by atoms with Crippen LogP contribution in [-0.2, 0) is 0 Å². The predicted molar refractivity (Wildman–Crippen MR) is 202 cm³/mol. The fraction of sp³-hybridized carbons (Fsp3) is 0.489. The minimum atomic E-state index is -0.872. The number of hydrogen-bond acceptors (Lipinski definition) is 6. The van der Waals surface area contributed by atoms with Crippen LogP contribution in [0.25, 0.3) is 11.1 Å². The Labute approximate surface area is 302 Å². The molecular formula is C45H52N2O4. The van der Waals surface area contributed by atoms with E-state index in [1.54, 1.807) is 6.07 Å². The Hall–Kier alpha value is -3.71. The number of carbonyl (C=O) groups is 1. The Kier molecular flexibility index (Phi) is 7.57. The van der Waals surface area contributed by atoms with E-state index in [2.05, 4.69) is 66.1 Å². The third-order valence-electron chi connectivity index (χ3n) is 15.3. The molecule has 1 saturated heterocycles. The van der Waals surface area contributed by atoms with Crippen molar-refractivity contribution in [2.24, 2.45) is 33.5 Å². The van der Waals surface area contributed by atoms with Crippen molar-refractivity contribution in [3.05, 3.63) is 108 Å². The van der Waals surface area contributed by atoms with Gasteiger partial charge >= 0.3 is 0 Å². The van der Waals surface area contributed by atoms with Gasteiger partial charge in [0.1, 0.15) is 5.75 Å². The second kappa shape index (κ2) is 11.6. The van der Waals surface area contributed by atoms with Crippen molar-refractivity contribution in [3.63, 3.8) is 0 Å². The van der Waals surface area contributed by atoms with Crippen LogP contribution in [-0.4, -0.2) is 70.4 Å². The molecule has 6 aliphatic carbocycles. The van der Waals surface area contributed by atoms with Crippen LogP contribution in [0.3, 0.4) is 0 Å². The molecular weight excluding hydrogens is 633 g/mol. The number of piperazine rings is 1. The smallest absolute Gasteiger partial charge is 0.189 e. The van der Waals surface area contributed by atoms with Gasteiger partial charge in [-0.1, -0.05) is 98.8 Å². The summed E-state index contributed by atoms with van der Waals surface area (Å²) >= 11 is 0. The van der Waals surface area contributed by atoms with Crippen molar-refractivity contribution >= 4 is 11.5 Å². The average Bonchev–Trinajstić information content (AvgIpc) is 3.42. The Morgan fingerprint density at radius 1 is 0.765 bits per heavy atom.